The van der Waals surface area contributed by atoms with E-state index in [0.717, 1.165) is 6.42 Å². The molecule has 4 nitrogen and oxygen atoms in total. The van der Waals surface area contributed by atoms with Gasteiger partial charge in [0, 0.05) is 13.7 Å². The van der Waals surface area contributed by atoms with Gasteiger partial charge in [-0.25, -0.2) is 0 Å². The Morgan fingerprint density at radius 1 is 1.46 bits per heavy atom. The summed E-state index contributed by atoms with van der Waals surface area (Å²) in [5.74, 6) is 5.44. The summed E-state index contributed by atoms with van der Waals surface area (Å²) in [6, 6.07) is 0.0300. The monoisotopic (exact) mass is 190 g/mol. The second-order valence-electron chi connectivity index (χ2n) is 3.27. The Kier molecular flexibility index (Phi) is 6.24. The molecule has 0 aliphatic heterocycles. The van der Waals surface area contributed by atoms with Gasteiger partial charge in [0.15, 0.2) is 0 Å². The highest BCUT2D eigenvalue weighted by Gasteiger charge is 2.32. The highest BCUT2D eigenvalue weighted by atomic mass is 16.5. The molecule has 13 heavy (non-hydrogen) atoms. The standard InChI is InChI=1S/C9H22N2O2/c1-5-9(3,13-6-2)8(11-10)7-12-4/h8,11H,5-7,10H2,1-4H3. The van der Waals surface area contributed by atoms with E-state index in [1.807, 2.05) is 13.8 Å². The van der Waals surface area contributed by atoms with Crippen LogP contribution in [0.5, 0.6) is 0 Å². The maximum Gasteiger partial charge on any atom is 0.0839 e. The first kappa shape index (κ1) is 12.8. The SMILES string of the molecule is CCOC(C)(CC)C(COC)NN. The lowest BCUT2D eigenvalue weighted by molar-refractivity contribution is -0.0707. The Hall–Kier alpha value is -0.160. The van der Waals surface area contributed by atoms with Gasteiger partial charge in [0.1, 0.15) is 0 Å². The van der Waals surface area contributed by atoms with Gasteiger partial charge >= 0.3 is 0 Å². The van der Waals surface area contributed by atoms with Crippen molar-refractivity contribution in [1.82, 2.24) is 5.43 Å². The summed E-state index contributed by atoms with van der Waals surface area (Å²) in [6.07, 6.45) is 0.902. The van der Waals surface area contributed by atoms with Crippen LogP contribution in [-0.4, -0.2) is 32.0 Å². The van der Waals surface area contributed by atoms with Gasteiger partial charge in [0.2, 0.25) is 0 Å². The first-order valence-corrected chi connectivity index (χ1v) is 4.73. The van der Waals surface area contributed by atoms with Crippen LogP contribution in [0.3, 0.4) is 0 Å². The second-order valence-corrected chi connectivity index (χ2v) is 3.27. The smallest absolute Gasteiger partial charge is 0.0839 e. The Bertz CT molecular complexity index is 133. The van der Waals surface area contributed by atoms with Crippen LogP contribution in [0.25, 0.3) is 0 Å². The summed E-state index contributed by atoms with van der Waals surface area (Å²) >= 11 is 0. The average molecular weight is 190 g/mol. The minimum atomic E-state index is -0.250. The van der Waals surface area contributed by atoms with Crippen LogP contribution in [0.4, 0.5) is 0 Å². The molecule has 2 atom stereocenters. The van der Waals surface area contributed by atoms with Crippen molar-refractivity contribution in [2.24, 2.45) is 5.84 Å². The zero-order valence-corrected chi connectivity index (χ0v) is 9.09. The van der Waals surface area contributed by atoms with Gasteiger partial charge in [-0.3, -0.25) is 11.3 Å². The van der Waals surface area contributed by atoms with Crippen molar-refractivity contribution in [3.63, 3.8) is 0 Å². The third kappa shape index (κ3) is 3.60. The van der Waals surface area contributed by atoms with E-state index >= 15 is 0 Å². The maximum absolute atomic E-state index is 5.66. The quantitative estimate of drug-likeness (QED) is 0.457. The van der Waals surface area contributed by atoms with Crippen molar-refractivity contribution in [3.8, 4) is 0 Å². The summed E-state index contributed by atoms with van der Waals surface area (Å²) in [5, 5.41) is 0. The molecule has 0 saturated heterocycles. The molecule has 0 saturated carbocycles. The minimum absolute atomic E-state index is 0.0300. The van der Waals surface area contributed by atoms with Gasteiger partial charge in [0.05, 0.1) is 18.2 Å². The van der Waals surface area contributed by atoms with Crippen LogP contribution in [0.15, 0.2) is 0 Å². The molecule has 0 fully saturated rings. The molecule has 0 aromatic rings. The van der Waals surface area contributed by atoms with Crippen molar-refractivity contribution < 1.29 is 9.47 Å². The number of nitrogens with two attached hydrogens (primary N) is 1. The van der Waals surface area contributed by atoms with Crippen LogP contribution < -0.4 is 11.3 Å². The number of hydrogen-bond donors (Lipinski definition) is 2. The second kappa shape index (κ2) is 6.32. The Labute approximate surface area is 80.7 Å². The van der Waals surface area contributed by atoms with E-state index in [0.29, 0.717) is 13.2 Å². The molecule has 0 spiro atoms. The number of hydrazine groups is 1. The zero-order valence-electron chi connectivity index (χ0n) is 9.09. The first-order valence-electron chi connectivity index (χ1n) is 4.73. The Morgan fingerprint density at radius 3 is 2.38 bits per heavy atom. The molecule has 80 valence electrons. The Morgan fingerprint density at radius 2 is 2.08 bits per heavy atom. The highest BCUT2D eigenvalue weighted by molar-refractivity contribution is 4.87. The largest absolute Gasteiger partial charge is 0.383 e. The number of methoxy groups -OCH3 is 1. The van der Waals surface area contributed by atoms with Crippen LogP contribution in [0, 0.1) is 0 Å². The molecule has 3 N–H and O–H groups in total. The minimum Gasteiger partial charge on any atom is -0.383 e. The molecule has 0 heterocycles. The van der Waals surface area contributed by atoms with Crippen LogP contribution in [-0.2, 0) is 9.47 Å². The van der Waals surface area contributed by atoms with Gasteiger partial charge < -0.3 is 9.47 Å². The fourth-order valence-electron chi connectivity index (χ4n) is 1.35. The van der Waals surface area contributed by atoms with Crippen LogP contribution >= 0.6 is 0 Å². The van der Waals surface area contributed by atoms with Crippen molar-refractivity contribution in [1.29, 1.82) is 0 Å². The summed E-state index contributed by atoms with van der Waals surface area (Å²) in [5.41, 5.74) is 2.48. The summed E-state index contributed by atoms with van der Waals surface area (Å²) < 4.78 is 10.7. The third-order valence-corrected chi connectivity index (χ3v) is 2.45. The zero-order chi connectivity index (χ0) is 10.3. The van der Waals surface area contributed by atoms with Gasteiger partial charge in [0.25, 0.3) is 0 Å². The summed E-state index contributed by atoms with van der Waals surface area (Å²) in [6.45, 7) is 7.34. The lowest BCUT2D eigenvalue weighted by Crippen LogP contribution is -2.55. The highest BCUT2D eigenvalue weighted by Crippen LogP contribution is 2.19. The predicted molar refractivity (Wildman–Crippen MR) is 53.3 cm³/mol. The predicted octanol–water partition coefficient (Wildman–Crippen LogP) is 0.670. The number of rotatable bonds is 7. The van der Waals surface area contributed by atoms with Crippen LogP contribution in [0.1, 0.15) is 27.2 Å². The van der Waals surface area contributed by atoms with Crippen molar-refractivity contribution in [2.45, 2.75) is 38.8 Å². The van der Waals surface area contributed by atoms with Crippen molar-refractivity contribution in [3.05, 3.63) is 0 Å². The van der Waals surface area contributed by atoms with E-state index in [2.05, 4.69) is 12.3 Å². The molecule has 0 aliphatic carbocycles. The van der Waals surface area contributed by atoms with Gasteiger partial charge in [-0.15, -0.1) is 0 Å². The molecule has 0 bridgehead atoms. The number of ether oxygens (including phenoxy) is 2. The van der Waals surface area contributed by atoms with E-state index in [1.165, 1.54) is 0 Å². The van der Waals surface area contributed by atoms with Crippen molar-refractivity contribution >= 4 is 0 Å². The first-order chi connectivity index (χ1) is 6.14. The van der Waals surface area contributed by atoms with E-state index < -0.39 is 0 Å². The van der Waals surface area contributed by atoms with Gasteiger partial charge in [-0.05, 0) is 20.3 Å². The Balaban J connectivity index is 4.29. The molecular formula is C9H22N2O2. The van der Waals surface area contributed by atoms with E-state index in [9.17, 15) is 0 Å². The number of nitrogens with one attached hydrogen (secondary N) is 1. The fraction of sp³-hybridized carbons (Fsp3) is 1.00. The number of hydrogen-bond acceptors (Lipinski definition) is 4. The molecule has 0 aromatic carbocycles. The summed E-state index contributed by atoms with van der Waals surface area (Å²) in [4.78, 5) is 0. The molecule has 2 unspecified atom stereocenters. The molecular weight excluding hydrogens is 168 g/mol. The summed E-state index contributed by atoms with van der Waals surface area (Å²) in [7, 11) is 1.66. The molecule has 4 heteroatoms. The normalized spacial score (nSPS) is 18.2. The van der Waals surface area contributed by atoms with Gasteiger partial charge in [-0.1, -0.05) is 6.92 Å². The lowest BCUT2D eigenvalue weighted by Gasteiger charge is -2.35. The average Bonchev–Trinajstić information content (AvgIpc) is 2.14. The van der Waals surface area contributed by atoms with E-state index in [4.69, 9.17) is 15.3 Å². The fourth-order valence-corrected chi connectivity index (χ4v) is 1.35. The maximum atomic E-state index is 5.66. The molecule has 0 aliphatic rings. The third-order valence-electron chi connectivity index (χ3n) is 2.45. The van der Waals surface area contributed by atoms with E-state index in [1.54, 1.807) is 7.11 Å². The topological polar surface area (TPSA) is 56.5 Å². The molecule has 0 radical (unpaired) electrons. The van der Waals surface area contributed by atoms with E-state index in [-0.39, 0.29) is 11.6 Å². The van der Waals surface area contributed by atoms with Gasteiger partial charge in [-0.2, -0.15) is 0 Å². The lowest BCUT2D eigenvalue weighted by atomic mass is 9.94. The van der Waals surface area contributed by atoms with Crippen LogP contribution in [0.2, 0.25) is 0 Å². The molecule has 0 amide bonds. The molecule has 0 aromatic heterocycles. The van der Waals surface area contributed by atoms with Crippen molar-refractivity contribution in [2.75, 3.05) is 20.3 Å². The molecule has 0 rings (SSSR count).